The van der Waals surface area contributed by atoms with Gasteiger partial charge in [-0.3, -0.25) is 0 Å². The topological polar surface area (TPSA) is 94.8 Å². The van der Waals surface area contributed by atoms with Crippen LogP contribution in [-0.4, -0.2) is 50.2 Å². The van der Waals surface area contributed by atoms with Crippen molar-refractivity contribution in [1.82, 2.24) is 14.5 Å². The van der Waals surface area contributed by atoms with Crippen molar-refractivity contribution in [3.05, 3.63) is 53.9 Å². The summed E-state index contributed by atoms with van der Waals surface area (Å²) in [5.41, 5.74) is 1.56. The maximum absolute atomic E-state index is 13.2. The number of hydrogen-bond acceptors (Lipinski definition) is 7. The third-order valence-corrected chi connectivity index (χ3v) is 7.38. The van der Waals surface area contributed by atoms with Gasteiger partial charge in [-0.2, -0.15) is 4.31 Å². The zero-order valence-electron chi connectivity index (χ0n) is 17.7. The van der Waals surface area contributed by atoms with Crippen molar-refractivity contribution >= 4 is 10.0 Å². The van der Waals surface area contributed by atoms with Gasteiger partial charge in [0.25, 0.3) is 0 Å². The zero-order chi connectivity index (χ0) is 22.0. The Morgan fingerprint density at radius 2 is 1.84 bits per heavy atom. The standard InChI is InChI=1S/C22H25N3O5S/c1-15-13-19(10-11-20(15)29-3)31(26,27)25-12-4-5-17(14-25)22-24-23-21(30-22)16-6-8-18(28-2)9-7-16/h6-11,13,17H,4-5,12,14H2,1-3H3/t17-/m0/s1. The molecule has 1 fully saturated rings. The second kappa shape index (κ2) is 8.68. The van der Waals surface area contributed by atoms with Crippen LogP contribution in [0.25, 0.3) is 11.5 Å². The van der Waals surface area contributed by atoms with Crippen LogP contribution in [0.3, 0.4) is 0 Å². The normalized spacial score (nSPS) is 17.5. The molecule has 164 valence electrons. The summed E-state index contributed by atoms with van der Waals surface area (Å²) in [6.45, 7) is 2.59. The van der Waals surface area contributed by atoms with Crippen LogP contribution in [0.2, 0.25) is 0 Å². The number of aromatic nitrogens is 2. The van der Waals surface area contributed by atoms with E-state index in [-0.39, 0.29) is 10.8 Å². The van der Waals surface area contributed by atoms with E-state index in [9.17, 15) is 8.42 Å². The summed E-state index contributed by atoms with van der Waals surface area (Å²) in [7, 11) is -0.457. The van der Waals surface area contributed by atoms with Crippen LogP contribution in [-0.2, 0) is 10.0 Å². The molecule has 31 heavy (non-hydrogen) atoms. The van der Waals surface area contributed by atoms with Crippen molar-refractivity contribution in [3.63, 3.8) is 0 Å². The van der Waals surface area contributed by atoms with Gasteiger partial charge in [0.2, 0.25) is 21.8 Å². The number of sulfonamides is 1. The van der Waals surface area contributed by atoms with Crippen LogP contribution in [0.15, 0.2) is 51.8 Å². The predicted octanol–water partition coefficient (Wildman–Crippen LogP) is 3.63. The van der Waals surface area contributed by atoms with Gasteiger partial charge < -0.3 is 13.9 Å². The van der Waals surface area contributed by atoms with E-state index < -0.39 is 10.0 Å². The van der Waals surface area contributed by atoms with Gasteiger partial charge in [0.05, 0.1) is 25.0 Å². The summed E-state index contributed by atoms with van der Waals surface area (Å²) in [6, 6.07) is 12.3. The molecule has 0 unspecified atom stereocenters. The number of benzene rings is 2. The maximum Gasteiger partial charge on any atom is 0.247 e. The Labute approximate surface area is 181 Å². The van der Waals surface area contributed by atoms with Crippen molar-refractivity contribution < 1.29 is 22.3 Å². The molecule has 8 nitrogen and oxygen atoms in total. The lowest BCUT2D eigenvalue weighted by atomic mass is 10.00. The molecule has 0 amide bonds. The zero-order valence-corrected chi connectivity index (χ0v) is 18.6. The Morgan fingerprint density at radius 1 is 1.06 bits per heavy atom. The molecule has 0 bridgehead atoms. The van der Waals surface area contributed by atoms with Crippen LogP contribution < -0.4 is 9.47 Å². The molecular weight excluding hydrogens is 418 g/mol. The molecule has 9 heteroatoms. The molecule has 0 saturated carbocycles. The fourth-order valence-corrected chi connectivity index (χ4v) is 5.38. The van der Waals surface area contributed by atoms with Crippen molar-refractivity contribution in [1.29, 1.82) is 0 Å². The predicted molar refractivity (Wildman–Crippen MR) is 115 cm³/mol. The highest BCUT2D eigenvalue weighted by molar-refractivity contribution is 7.89. The molecule has 2 aromatic carbocycles. The van der Waals surface area contributed by atoms with E-state index in [0.29, 0.717) is 30.6 Å². The van der Waals surface area contributed by atoms with Crippen LogP contribution >= 0.6 is 0 Å². The number of nitrogens with zero attached hydrogens (tertiary/aromatic N) is 3. The summed E-state index contributed by atoms with van der Waals surface area (Å²) in [5.74, 6) is 2.11. The fraction of sp³-hybridized carbons (Fsp3) is 0.364. The van der Waals surface area contributed by atoms with Gasteiger partial charge in [-0.15, -0.1) is 10.2 Å². The van der Waals surface area contributed by atoms with Gasteiger partial charge in [-0.1, -0.05) is 0 Å². The number of methoxy groups -OCH3 is 2. The Balaban J connectivity index is 1.53. The number of piperidine rings is 1. The largest absolute Gasteiger partial charge is 0.497 e. The first-order chi connectivity index (χ1) is 14.9. The molecule has 1 aliphatic rings. The highest BCUT2D eigenvalue weighted by Crippen LogP contribution is 2.32. The van der Waals surface area contributed by atoms with Crippen LogP contribution in [0.1, 0.15) is 30.2 Å². The van der Waals surface area contributed by atoms with E-state index in [1.54, 1.807) is 32.4 Å². The first-order valence-corrected chi connectivity index (χ1v) is 11.5. The van der Waals surface area contributed by atoms with E-state index in [2.05, 4.69) is 10.2 Å². The van der Waals surface area contributed by atoms with Crippen molar-refractivity contribution in [3.8, 4) is 23.0 Å². The first-order valence-electron chi connectivity index (χ1n) is 10.0. The summed E-state index contributed by atoms with van der Waals surface area (Å²) < 4.78 is 44.2. The van der Waals surface area contributed by atoms with E-state index >= 15 is 0 Å². The molecule has 0 N–H and O–H groups in total. The van der Waals surface area contributed by atoms with Gasteiger partial charge in [0.15, 0.2) is 0 Å². The minimum atomic E-state index is -3.63. The minimum absolute atomic E-state index is 0.151. The average molecular weight is 444 g/mol. The van der Waals surface area contributed by atoms with E-state index in [0.717, 1.165) is 29.7 Å². The molecule has 0 spiro atoms. The Kier molecular flexibility index (Phi) is 5.97. The van der Waals surface area contributed by atoms with Crippen LogP contribution in [0, 0.1) is 6.92 Å². The SMILES string of the molecule is COc1ccc(-c2nnc([C@H]3CCCN(S(=O)(=O)c4ccc(OC)c(C)c4)C3)o2)cc1. The number of rotatable bonds is 6. The smallest absolute Gasteiger partial charge is 0.247 e. The van der Waals surface area contributed by atoms with Gasteiger partial charge >= 0.3 is 0 Å². The summed E-state index contributed by atoms with van der Waals surface area (Å²) in [5, 5.41) is 8.35. The molecular formula is C22H25N3O5S. The summed E-state index contributed by atoms with van der Waals surface area (Å²) >= 11 is 0. The van der Waals surface area contributed by atoms with Gasteiger partial charge in [-0.25, -0.2) is 8.42 Å². The second-order valence-electron chi connectivity index (χ2n) is 7.51. The number of aryl methyl sites for hydroxylation is 1. The monoisotopic (exact) mass is 443 g/mol. The molecule has 0 aliphatic carbocycles. The highest BCUT2D eigenvalue weighted by Gasteiger charge is 2.33. The lowest BCUT2D eigenvalue weighted by Crippen LogP contribution is -2.39. The van der Waals surface area contributed by atoms with Crippen molar-refractivity contribution in [2.75, 3.05) is 27.3 Å². The lowest BCUT2D eigenvalue weighted by molar-refractivity contribution is 0.286. The Hall–Kier alpha value is -2.91. The third kappa shape index (κ3) is 4.28. The van der Waals surface area contributed by atoms with E-state index in [1.165, 1.54) is 4.31 Å². The van der Waals surface area contributed by atoms with E-state index in [1.807, 2.05) is 31.2 Å². The molecule has 2 heterocycles. The Morgan fingerprint density at radius 3 is 2.52 bits per heavy atom. The fourth-order valence-electron chi connectivity index (χ4n) is 3.77. The van der Waals surface area contributed by atoms with Gasteiger partial charge in [0, 0.05) is 18.7 Å². The molecule has 1 saturated heterocycles. The summed E-state index contributed by atoms with van der Waals surface area (Å²) in [6.07, 6.45) is 1.51. The first kappa shape index (κ1) is 21.3. The van der Waals surface area contributed by atoms with Crippen LogP contribution in [0.4, 0.5) is 0 Å². The number of hydrogen-bond donors (Lipinski definition) is 0. The molecule has 4 rings (SSSR count). The van der Waals surface area contributed by atoms with Gasteiger partial charge in [0.1, 0.15) is 11.5 Å². The Bertz CT molecular complexity index is 1160. The molecule has 3 aromatic rings. The highest BCUT2D eigenvalue weighted by atomic mass is 32.2. The van der Waals surface area contributed by atoms with Gasteiger partial charge in [-0.05, 0) is 67.8 Å². The maximum atomic E-state index is 13.2. The third-order valence-electron chi connectivity index (χ3n) is 5.52. The molecule has 0 radical (unpaired) electrons. The summed E-state index contributed by atoms with van der Waals surface area (Å²) in [4.78, 5) is 0.260. The van der Waals surface area contributed by atoms with E-state index in [4.69, 9.17) is 13.9 Å². The number of ether oxygens (including phenoxy) is 2. The van der Waals surface area contributed by atoms with Crippen molar-refractivity contribution in [2.24, 2.45) is 0 Å². The second-order valence-corrected chi connectivity index (χ2v) is 9.45. The quantitative estimate of drug-likeness (QED) is 0.574. The van der Waals surface area contributed by atoms with Crippen LogP contribution in [0.5, 0.6) is 11.5 Å². The average Bonchev–Trinajstić information content (AvgIpc) is 3.29. The van der Waals surface area contributed by atoms with Crippen molar-refractivity contribution in [2.45, 2.75) is 30.6 Å². The molecule has 1 aromatic heterocycles. The molecule has 1 atom stereocenters. The minimum Gasteiger partial charge on any atom is -0.497 e. The molecule has 1 aliphatic heterocycles. The lowest BCUT2D eigenvalue weighted by Gasteiger charge is -2.30.